The predicted octanol–water partition coefficient (Wildman–Crippen LogP) is 8.69. The van der Waals surface area contributed by atoms with Crippen LogP contribution in [0.15, 0.2) is 59.5 Å². The van der Waals surface area contributed by atoms with Gasteiger partial charge >= 0.3 is 18.0 Å². The largest absolute Gasteiger partial charge is 0.418 e. The van der Waals surface area contributed by atoms with Crippen molar-refractivity contribution in [3.05, 3.63) is 96.5 Å². The highest BCUT2D eigenvalue weighted by atomic mass is 35.5. The minimum atomic E-state index is -5.57. The molecular formula is C25H21ClF6N4O6S2. The van der Waals surface area contributed by atoms with Crippen LogP contribution in [0.4, 0.5) is 49.1 Å². The van der Waals surface area contributed by atoms with Crippen LogP contribution < -0.4 is 4.31 Å². The van der Waals surface area contributed by atoms with Gasteiger partial charge in [0.25, 0.3) is 15.7 Å². The molecular weight excluding hydrogens is 666 g/mol. The summed E-state index contributed by atoms with van der Waals surface area (Å²) in [4.78, 5) is 20.4. The Balaban J connectivity index is 2.52. The van der Waals surface area contributed by atoms with Crippen LogP contribution in [0.25, 0.3) is 0 Å². The minimum Gasteiger partial charge on any atom is -0.262 e. The summed E-state index contributed by atoms with van der Waals surface area (Å²) in [5.41, 5.74) is -9.70. The molecule has 0 aromatic heterocycles. The van der Waals surface area contributed by atoms with Crippen LogP contribution in [-0.4, -0.2) is 27.5 Å². The van der Waals surface area contributed by atoms with Gasteiger partial charge in [0.2, 0.25) is 0 Å². The molecule has 0 bridgehead atoms. The van der Waals surface area contributed by atoms with Crippen molar-refractivity contribution in [2.24, 2.45) is 0 Å². The molecule has 0 spiro atoms. The van der Waals surface area contributed by atoms with E-state index >= 15 is 0 Å². The first-order valence-corrected chi connectivity index (χ1v) is 14.5. The fourth-order valence-corrected chi connectivity index (χ4v) is 7.10. The van der Waals surface area contributed by atoms with Crippen molar-refractivity contribution in [3.8, 4) is 0 Å². The average Bonchev–Trinajstić information content (AvgIpc) is 2.87. The second kappa shape index (κ2) is 12.1. The lowest BCUT2D eigenvalue weighted by Crippen LogP contribution is -2.43. The van der Waals surface area contributed by atoms with Crippen molar-refractivity contribution >= 4 is 56.5 Å². The summed E-state index contributed by atoms with van der Waals surface area (Å²) in [5, 5.41) is 22.8. The van der Waals surface area contributed by atoms with E-state index in [9.17, 15) is 55.0 Å². The van der Waals surface area contributed by atoms with Crippen LogP contribution in [0.2, 0.25) is 5.02 Å². The molecule has 0 radical (unpaired) electrons. The lowest BCUT2D eigenvalue weighted by Gasteiger charge is -2.37. The average molecular weight is 687 g/mol. The van der Waals surface area contributed by atoms with Gasteiger partial charge in [-0.2, -0.15) is 26.3 Å². The Bertz CT molecular complexity index is 1710. The summed E-state index contributed by atoms with van der Waals surface area (Å²) in [7, 11) is -4.71. The molecule has 0 amide bonds. The van der Waals surface area contributed by atoms with Gasteiger partial charge in [-0.25, -0.2) is 8.42 Å². The zero-order chi connectivity index (χ0) is 33.6. The molecule has 3 aromatic rings. The molecule has 0 atom stereocenters. The fourth-order valence-electron chi connectivity index (χ4n) is 3.74. The molecule has 0 aliphatic carbocycles. The zero-order valence-electron chi connectivity index (χ0n) is 22.9. The first-order chi connectivity index (χ1) is 20.0. The van der Waals surface area contributed by atoms with Crippen molar-refractivity contribution in [1.29, 1.82) is 0 Å². The summed E-state index contributed by atoms with van der Waals surface area (Å²) in [6, 6.07) is 6.76. The quantitative estimate of drug-likeness (QED) is 0.0997. The number of nitro groups is 2. The third-order valence-corrected chi connectivity index (χ3v) is 9.92. The highest BCUT2D eigenvalue weighted by Gasteiger charge is 2.46. The van der Waals surface area contributed by atoms with Gasteiger partial charge in [-0.1, -0.05) is 29.3 Å². The zero-order valence-corrected chi connectivity index (χ0v) is 25.3. The van der Waals surface area contributed by atoms with Gasteiger partial charge in [-0.05, 0) is 58.0 Å². The number of anilines is 2. The van der Waals surface area contributed by atoms with Gasteiger partial charge in [0.15, 0.2) is 0 Å². The number of sulfonamides is 1. The molecule has 0 aliphatic rings. The summed E-state index contributed by atoms with van der Waals surface area (Å²) in [6.45, 7) is 5.59. The van der Waals surface area contributed by atoms with Crippen molar-refractivity contribution in [2.75, 3.05) is 4.31 Å². The first kappa shape index (κ1) is 34.9. The summed E-state index contributed by atoms with van der Waals surface area (Å²) in [5.74, 6) is 0. The fraction of sp³-hybridized carbons (Fsp3) is 0.280. The van der Waals surface area contributed by atoms with E-state index in [4.69, 9.17) is 11.6 Å². The van der Waals surface area contributed by atoms with Gasteiger partial charge in [0.1, 0.15) is 5.69 Å². The molecule has 0 heterocycles. The Kier molecular flexibility index (Phi) is 9.56. The number of hydrogen-bond acceptors (Lipinski definition) is 8. The maximum atomic E-state index is 14.5. The molecule has 0 saturated carbocycles. The smallest absolute Gasteiger partial charge is 0.262 e. The number of hydrogen-bond donors (Lipinski definition) is 0. The summed E-state index contributed by atoms with van der Waals surface area (Å²) in [6.07, 6.45) is -10.6. The molecule has 0 saturated heterocycles. The Hall–Kier alpha value is -3.61. The number of non-ortho nitro benzene ring substituents is 1. The highest BCUT2D eigenvalue weighted by molar-refractivity contribution is 8.09. The Labute approximate surface area is 255 Å². The second-order valence-corrected chi connectivity index (χ2v) is 13.4. The van der Waals surface area contributed by atoms with E-state index in [-0.39, 0.29) is 39.5 Å². The standard InChI is InChI=1S/C25H21ClF6N4O6S2/c1-14-5-8-17(9-6-14)44(41,42)36(23(2,3)4)43-33(20-11-15(24(27,28)29)7-10-19(20)26)22-18(25(30,31)32)12-16(34(37)38)13-21(22)35(39)40/h5-13H,1-4H3. The maximum absolute atomic E-state index is 14.5. The van der Waals surface area contributed by atoms with Crippen LogP contribution in [0.1, 0.15) is 37.5 Å². The third kappa shape index (κ3) is 7.36. The minimum absolute atomic E-state index is 0.0483. The Morgan fingerprint density at radius 2 is 1.41 bits per heavy atom. The van der Waals surface area contributed by atoms with E-state index in [1.165, 1.54) is 45.0 Å². The van der Waals surface area contributed by atoms with Gasteiger partial charge < -0.3 is 0 Å². The lowest BCUT2D eigenvalue weighted by molar-refractivity contribution is -0.394. The monoisotopic (exact) mass is 686 g/mol. The van der Waals surface area contributed by atoms with Gasteiger partial charge in [0.05, 0.1) is 54.8 Å². The van der Waals surface area contributed by atoms with Crippen LogP contribution in [0, 0.1) is 27.2 Å². The number of benzene rings is 3. The Morgan fingerprint density at radius 3 is 1.86 bits per heavy atom. The summed E-state index contributed by atoms with van der Waals surface area (Å²) >= 11 is 6.04. The molecule has 10 nitrogen and oxygen atoms in total. The number of halogens is 7. The van der Waals surface area contributed by atoms with Crippen LogP contribution in [-0.2, 0) is 22.4 Å². The second-order valence-electron chi connectivity index (χ2n) is 10.1. The normalized spacial score (nSPS) is 12.8. The van der Waals surface area contributed by atoms with Gasteiger partial charge in [0, 0.05) is 11.6 Å². The SMILES string of the molecule is Cc1ccc(S(=O)(=O)N(SN(c2cc(C(F)(F)F)ccc2Cl)c2c([N+](=O)[O-])cc([N+](=O)[O-])cc2C(F)(F)F)C(C)(C)C)cc1. The molecule has 3 rings (SSSR count). The first-order valence-electron chi connectivity index (χ1n) is 12.0. The molecule has 0 N–H and O–H groups in total. The molecule has 0 aliphatic heterocycles. The third-order valence-electron chi connectivity index (χ3n) is 5.72. The molecule has 0 unspecified atom stereocenters. The van der Waals surface area contributed by atoms with E-state index in [1.54, 1.807) is 6.92 Å². The molecule has 44 heavy (non-hydrogen) atoms. The number of aryl methyl sites for hydroxylation is 1. The van der Waals surface area contributed by atoms with Crippen LogP contribution >= 0.6 is 23.7 Å². The Morgan fingerprint density at radius 1 is 0.841 bits per heavy atom. The van der Waals surface area contributed by atoms with E-state index in [0.717, 1.165) is 0 Å². The molecule has 0 fully saturated rings. The van der Waals surface area contributed by atoms with Crippen LogP contribution in [0.3, 0.4) is 0 Å². The number of nitrogens with zero attached hydrogens (tertiary/aromatic N) is 4. The van der Waals surface area contributed by atoms with E-state index in [2.05, 4.69) is 0 Å². The lowest BCUT2D eigenvalue weighted by atomic mass is 10.1. The van der Waals surface area contributed by atoms with E-state index < -0.39 is 76.7 Å². The van der Waals surface area contributed by atoms with Crippen LogP contribution in [0.5, 0.6) is 0 Å². The van der Waals surface area contributed by atoms with Crippen molar-refractivity contribution < 1.29 is 44.6 Å². The topological polar surface area (TPSA) is 127 Å². The molecule has 3 aromatic carbocycles. The van der Waals surface area contributed by atoms with Crippen molar-refractivity contribution in [1.82, 2.24) is 3.71 Å². The van der Waals surface area contributed by atoms with E-state index in [0.29, 0.717) is 21.4 Å². The van der Waals surface area contributed by atoms with Crippen molar-refractivity contribution in [3.63, 3.8) is 0 Å². The molecule has 238 valence electrons. The van der Waals surface area contributed by atoms with E-state index in [1.807, 2.05) is 0 Å². The maximum Gasteiger partial charge on any atom is 0.418 e. The van der Waals surface area contributed by atoms with Gasteiger partial charge in [-0.3, -0.25) is 24.5 Å². The van der Waals surface area contributed by atoms with Crippen molar-refractivity contribution in [2.45, 2.75) is 50.5 Å². The summed E-state index contributed by atoms with van der Waals surface area (Å²) < 4.78 is 113. The highest BCUT2D eigenvalue weighted by Crippen LogP contribution is 2.52. The number of rotatable bonds is 8. The number of nitro benzene ring substituents is 2. The molecule has 19 heteroatoms. The number of alkyl halides is 6. The van der Waals surface area contributed by atoms with Gasteiger partial charge in [-0.15, -0.1) is 3.71 Å². The predicted molar refractivity (Wildman–Crippen MR) is 151 cm³/mol.